The maximum atomic E-state index is 13.1. The zero-order valence-corrected chi connectivity index (χ0v) is 14.0. The Kier molecular flexibility index (Phi) is 5.93. The lowest BCUT2D eigenvalue weighted by molar-refractivity contribution is 0.0503. The van der Waals surface area contributed by atoms with Crippen molar-refractivity contribution in [2.75, 3.05) is 5.75 Å². The first-order chi connectivity index (χ1) is 9.98. The summed E-state index contributed by atoms with van der Waals surface area (Å²) in [5.41, 5.74) is 0.0753. The van der Waals surface area contributed by atoms with Crippen molar-refractivity contribution < 1.29 is 21.8 Å². The minimum absolute atomic E-state index is 0.390. The van der Waals surface area contributed by atoms with E-state index in [0.29, 0.717) is 0 Å². The van der Waals surface area contributed by atoms with E-state index in [0.717, 1.165) is 5.56 Å². The lowest BCUT2D eigenvalue weighted by Crippen LogP contribution is -2.44. The lowest BCUT2D eigenvalue weighted by Gasteiger charge is -2.26. The molecule has 0 aromatic heterocycles. The van der Waals surface area contributed by atoms with Crippen LogP contribution in [-0.2, 0) is 15.0 Å². The summed E-state index contributed by atoms with van der Waals surface area (Å²) in [7, 11) is -4.74. The smallest absolute Gasteiger partial charge is 0.407 e. The largest absolute Gasteiger partial charge is 0.444 e. The molecule has 7 heteroatoms. The van der Waals surface area contributed by atoms with Crippen LogP contribution in [0.4, 0.5) is 8.68 Å². The summed E-state index contributed by atoms with van der Waals surface area (Å²) in [6, 6.07) is 8.06. The lowest BCUT2D eigenvalue weighted by atomic mass is 9.94. The molecule has 2 unspecified atom stereocenters. The molecule has 1 aromatic carbocycles. The van der Waals surface area contributed by atoms with Gasteiger partial charge in [0, 0.05) is 5.92 Å². The van der Waals surface area contributed by atoms with Gasteiger partial charge in [-0.15, -0.1) is 3.89 Å². The summed E-state index contributed by atoms with van der Waals surface area (Å²) >= 11 is 0. The molecule has 1 aromatic rings. The molecular formula is C15H22FNO4S. The van der Waals surface area contributed by atoms with Gasteiger partial charge in [-0.3, -0.25) is 0 Å². The van der Waals surface area contributed by atoms with Crippen molar-refractivity contribution in [2.24, 2.45) is 0 Å². The van der Waals surface area contributed by atoms with Crippen LogP contribution in [0.3, 0.4) is 0 Å². The van der Waals surface area contributed by atoms with Crippen LogP contribution in [-0.4, -0.2) is 31.9 Å². The molecule has 0 radical (unpaired) electrons. The number of hydrogen-bond acceptors (Lipinski definition) is 4. The van der Waals surface area contributed by atoms with Crippen molar-refractivity contribution in [1.29, 1.82) is 0 Å². The maximum absolute atomic E-state index is 13.1. The van der Waals surface area contributed by atoms with Gasteiger partial charge in [-0.05, 0) is 26.3 Å². The van der Waals surface area contributed by atoms with Gasteiger partial charge in [0.2, 0.25) is 0 Å². The molecule has 124 valence electrons. The number of hydrogen-bond donors (Lipinski definition) is 1. The Labute approximate surface area is 131 Å². The minimum atomic E-state index is -4.74. The number of halogens is 1. The van der Waals surface area contributed by atoms with Crippen molar-refractivity contribution in [3.8, 4) is 0 Å². The summed E-state index contributed by atoms with van der Waals surface area (Å²) in [5, 5.41) is 2.45. The predicted molar refractivity (Wildman–Crippen MR) is 82.9 cm³/mol. The number of carbonyl (C=O) groups is 1. The summed E-state index contributed by atoms with van der Waals surface area (Å²) in [4.78, 5) is 11.8. The Balaban J connectivity index is 2.91. The number of rotatable bonds is 5. The molecule has 0 fully saturated rings. The Bertz CT molecular complexity index is 596. The highest BCUT2D eigenvalue weighted by Crippen LogP contribution is 2.21. The summed E-state index contributed by atoms with van der Waals surface area (Å²) in [6.45, 7) is 6.79. The van der Waals surface area contributed by atoms with Crippen LogP contribution in [0.25, 0.3) is 0 Å². The molecule has 1 N–H and O–H groups in total. The SMILES string of the molecule is CC(c1ccccc1)C(CS(=O)(=O)F)NC(=O)OC(C)(C)C. The van der Waals surface area contributed by atoms with Gasteiger partial charge in [-0.25, -0.2) is 4.79 Å². The molecule has 1 rings (SSSR count). The fourth-order valence-electron chi connectivity index (χ4n) is 1.97. The number of benzene rings is 1. The van der Waals surface area contributed by atoms with Gasteiger partial charge >= 0.3 is 16.3 Å². The fourth-order valence-corrected chi connectivity index (χ4v) is 2.77. The van der Waals surface area contributed by atoms with E-state index in [1.807, 2.05) is 6.07 Å². The van der Waals surface area contributed by atoms with Crippen molar-refractivity contribution in [3.63, 3.8) is 0 Å². The minimum Gasteiger partial charge on any atom is -0.444 e. The highest BCUT2D eigenvalue weighted by molar-refractivity contribution is 7.86. The van der Waals surface area contributed by atoms with E-state index in [4.69, 9.17) is 4.74 Å². The first-order valence-corrected chi connectivity index (χ1v) is 8.50. The van der Waals surface area contributed by atoms with E-state index in [-0.39, 0.29) is 5.92 Å². The number of ether oxygens (including phenoxy) is 1. The molecule has 0 spiro atoms. The third-order valence-corrected chi connectivity index (χ3v) is 3.77. The van der Waals surface area contributed by atoms with Gasteiger partial charge in [0.15, 0.2) is 0 Å². The van der Waals surface area contributed by atoms with Crippen molar-refractivity contribution >= 4 is 16.3 Å². The molecule has 0 aliphatic carbocycles. The molecule has 0 saturated heterocycles. The second-order valence-electron chi connectivity index (χ2n) is 6.16. The third kappa shape index (κ3) is 6.89. The Hall–Kier alpha value is -1.63. The maximum Gasteiger partial charge on any atom is 0.407 e. The van der Waals surface area contributed by atoms with Gasteiger partial charge in [0.1, 0.15) is 11.4 Å². The van der Waals surface area contributed by atoms with E-state index in [9.17, 15) is 17.1 Å². The van der Waals surface area contributed by atoms with Crippen molar-refractivity contribution in [1.82, 2.24) is 5.32 Å². The Morgan fingerprint density at radius 3 is 2.27 bits per heavy atom. The number of carbonyl (C=O) groups excluding carboxylic acids is 1. The van der Waals surface area contributed by atoms with Gasteiger partial charge < -0.3 is 10.1 Å². The van der Waals surface area contributed by atoms with Crippen LogP contribution < -0.4 is 5.32 Å². The monoisotopic (exact) mass is 331 g/mol. The topological polar surface area (TPSA) is 72.5 Å². The zero-order valence-electron chi connectivity index (χ0n) is 13.2. The second kappa shape index (κ2) is 7.09. The molecule has 1 amide bonds. The van der Waals surface area contributed by atoms with Gasteiger partial charge in [0.05, 0.1) is 6.04 Å². The van der Waals surface area contributed by atoms with Crippen molar-refractivity contribution in [3.05, 3.63) is 35.9 Å². The number of alkyl carbamates (subject to hydrolysis) is 1. The fraction of sp³-hybridized carbons (Fsp3) is 0.533. The van der Waals surface area contributed by atoms with E-state index in [1.54, 1.807) is 52.0 Å². The number of nitrogens with one attached hydrogen (secondary N) is 1. The Morgan fingerprint density at radius 1 is 1.27 bits per heavy atom. The Morgan fingerprint density at radius 2 is 1.82 bits per heavy atom. The van der Waals surface area contributed by atoms with Gasteiger partial charge in [0.25, 0.3) is 0 Å². The van der Waals surface area contributed by atoms with Gasteiger partial charge in [-0.2, -0.15) is 8.42 Å². The van der Waals surface area contributed by atoms with Crippen LogP contribution in [0, 0.1) is 0 Å². The van der Waals surface area contributed by atoms with Gasteiger partial charge in [-0.1, -0.05) is 37.3 Å². The highest BCUT2D eigenvalue weighted by Gasteiger charge is 2.28. The summed E-state index contributed by atoms with van der Waals surface area (Å²) in [6.07, 6.45) is -0.774. The van der Waals surface area contributed by atoms with E-state index in [1.165, 1.54) is 0 Å². The second-order valence-corrected chi connectivity index (χ2v) is 7.57. The molecule has 22 heavy (non-hydrogen) atoms. The van der Waals surface area contributed by atoms with Crippen LogP contribution in [0.15, 0.2) is 30.3 Å². The summed E-state index contributed by atoms with van der Waals surface area (Å²) < 4.78 is 40.2. The zero-order chi connectivity index (χ0) is 17.0. The molecular weight excluding hydrogens is 309 g/mol. The first kappa shape index (κ1) is 18.4. The van der Waals surface area contributed by atoms with Crippen molar-refractivity contribution in [2.45, 2.75) is 45.3 Å². The van der Waals surface area contributed by atoms with E-state index >= 15 is 0 Å². The van der Waals surface area contributed by atoms with Crippen LogP contribution in [0.2, 0.25) is 0 Å². The normalized spacial score (nSPS) is 15.0. The predicted octanol–water partition coefficient (Wildman–Crippen LogP) is 2.98. The molecule has 2 atom stereocenters. The molecule has 0 saturated carbocycles. The van der Waals surface area contributed by atoms with Crippen LogP contribution >= 0.6 is 0 Å². The average Bonchev–Trinajstić information content (AvgIpc) is 2.34. The van der Waals surface area contributed by atoms with E-state index in [2.05, 4.69) is 5.32 Å². The quantitative estimate of drug-likeness (QED) is 0.842. The van der Waals surface area contributed by atoms with Crippen LogP contribution in [0.5, 0.6) is 0 Å². The van der Waals surface area contributed by atoms with E-state index < -0.39 is 33.7 Å². The molecule has 5 nitrogen and oxygen atoms in total. The standard InChI is InChI=1S/C15H22FNO4S/c1-11(12-8-6-5-7-9-12)13(10-22(16,19)20)17-14(18)21-15(2,3)4/h5-9,11,13H,10H2,1-4H3,(H,17,18). The molecule has 0 bridgehead atoms. The molecule has 0 aliphatic rings. The third-order valence-electron chi connectivity index (χ3n) is 3.01. The number of amides is 1. The highest BCUT2D eigenvalue weighted by atomic mass is 32.3. The first-order valence-electron chi connectivity index (χ1n) is 6.95. The molecule has 0 heterocycles. The average molecular weight is 331 g/mol. The molecule has 0 aliphatic heterocycles. The summed E-state index contributed by atoms with van der Waals surface area (Å²) in [5.74, 6) is -1.19. The van der Waals surface area contributed by atoms with Crippen LogP contribution in [0.1, 0.15) is 39.2 Å².